The molecule has 0 bridgehead atoms. The number of carbonyl (C=O) groups is 1. The molecule has 1 saturated carbocycles. The molecule has 1 atom stereocenters. The lowest BCUT2D eigenvalue weighted by Crippen LogP contribution is -2.47. The SMILES string of the molecule is CN(CC1CCCCN1C)C(=O)C1CCC(Nc2nccc(-n3ccc4c(OCCCS(C)(=O)=O)cccc43)n2)CC1. The molecule has 1 N–H and O–H groups in total. The van der Waals surface area contributed by atoms with E-state index in [-0.39, 0.29) is 23.6 Å². The summed E-state index contributed by atoms with van der Waals surface area (Å²) in [6.45, 7) is 2.28. The molecule has 42 heavy (non-hydrogen) atoms. The molecule has 1 aliphatic heterocycles. The lowest BCUT2D eigenvalue weighted by atomic mass is 9.85. The Morgan fingerprint density at radius 2 is 1.93 bits per heavy atom. The van der Waals surface area contributed by atoms with Crippen molar-refractivity contribution in [2.24, 2.45) is 5.92 Å². The smallest absolute Gasteiger partial charge is 0.225 e. The maximum absolute atomic E-state index is 13.2. The number of hydrogen-bond acceptors (Lipinski definition) is 8. The molecule has 1 aliphatic carbocycles. The number of hydrogen-bond donors (Lipinski definition) is 1. The van der Waals surface area contributed by atoms with E-state index in [1.54, 1.807) is 6.20 Å². The number of amides is 1. The normalized spacial score (nSPS) is 21.7. The minimum Gasteiger partial charge on any atom is -0.493 e. The van der Waals surface area contributed by atoms with Gasteiger partial charge in [-0.2, -0.15) is 4.98 Å². The van der Waals surface area contributed by atoms with Crippen molar-refractivity contribution in [1.82, 2.24) is 24.3 Å². The van der Waals surface area contributed by atoms with Crippen molar-refractivity contribution in [1.29, 1.82) is 0 Å². The number of piperidine rings is 1. The zero-order chi connectivity index (χ0) is 29.7. The Morgan fingerprint density at radius 3 is 2.69 bits per heavy atom. The van der Waals surface area contributed by atoms with E-state index in [1.807, 2.05) is 53.0 Å². The van der Waals surface area contributed by atoms with Crippen LogP contribution in [0.4, 0.5) is 5.95 Å². The summed E-state index contributed by atoms with van der Waals surface area (Å²) in [5, 5.41) is 4.45. The minimum atomic E-state index is -3.01. The first kappa shape index (κ1) is 30.3. The molecule has 0 radical (unpaired) electrons. The van der Waals surface area contributed by atoms with Crippen LogP contribution in [0.3, 0.4) is 0 Å². The Morgan fingerprint density at radius 1 is 1.12 bits per heavy atom. The molecule has 2 aromatic heterocycles. The van der Waals surface area contributed by atoms with Gasteiger partial charge in [-0.3, -0.25) is 4.79 Å². The highest BCUT2D eigenvalue weighted by molar-refractivity contribution is 7.90. The van der Waals surface area contributed by atoms with Gasteiger partial charge in [0.2, 0.25) is 11.9 Å². The molecule has 1 saturated heterocycles. The number of nitrogens with one attached hydrogen (secondary N) is 1. The lowest BCUT2D eigenvalue weighted by Gasteiger charge is -2.37. The van der Waals surface area contributed by atoms with Crippen molar-refractivity contribution in [3.05, 3.63) is 42.7 Å². The summed E-state index contributed by atoms with van der Waals surface area (Å²) in [4.78, 5) is 26.8. The van der Waals surface area contributed by atoms with Gasteiger partial charge in [0.1, 0.15) is 21.4 Å². The number of anilines is 1. The number of nitrogens with zero attached hydrogens (tertiary/aromatic N) is 5. The van der Waals surface area contributed by atoms with E-state index >= 15 is 0 Å². The van der Waals surface area contributed by atoms with Crippen LogP contribution in [0, 0.1) is 5.92 Å². The van der Waals surface area contributed by atoms with Gasteiger partial charge in [-0.1, -0.05) is 12.5 Å². The highest BCUT2D eigenvalue weighted by Gasteiger charge is 2.30. The second-order valence-electron chi connectivity index (χ2n) is 12.0. The Hall–Kier alpha value is -3.18. The Bertz CT molecular complexity index is 1470. The van der Waals surface area contributed by atoms with Gasteiger partial charge in [0.05, 0.1) is 17.9 Å². The number of carbonyl (C=O) groups excluding carboxylic acids is 1. The van der Waals surface area contributed by atoms with Crippen LogP contribution in [0.15, 0.2) is 42.7 Å². The molecule has 3 aromatic rings. The van der Waals surface area contributed by atoms with Gasteiger partial charge in [0.15, 0.2) is 0 Å². The van der Waals surface area contributed by atoms with Crippen molar-refractivity contribution in [3.8, 4) is 11.6 Å². The third-order valence-electron chi connectivity index (χ3n) is 8.69. The van der Waals surface area contributed by atoms with Gasteiger partial charge in [-0.25, -0.2) is 13.4 Å². The molecule has 1 amide bonds. The van der Waals surface area contributed by atoms with Crippen LogP contribution < -0.4 is 10.1 Å². The molecule has 3 heterocycles. The molecular weight excluding hydrogens is 552 g/mol. The molecule has 5 rings (SSSR count). The molecule has 1 aromatic carbocycles. The molecule has 1 unspecified atom stereocenters. The topological polar surface area (TPSA) is 110 Å². The van der Waals surface area contributed by atoms with E-state index in [1.165, 1.54) is 25.5 Å². The Balaban J connectivity index is 1.16. The van der Waals surface area contributed by atoms with Crippen LogP contribution >= 0.6 is 0 Å². The van der Waals surface area contributed by atoms with Crippen LogP contribution in [0.1, 0.15) is 51.4 Å². The molecule has 2 aliphatic rings. The second-order valence-corrected chi connectivity index (χ2v) is 14.2. The fourth-order valence-electron chi connectivity index (χ4n) is 6.28. The summed E-state index contributed by atoms with van der Waals surface area (Å²) >= 11 is 0. The number of rotatable bonds is 11. The average Bonchev–Trinajstić information content (AvgIpc) is 3.41. The fourth-order valence-corrected chi connectivity index (χ4v) is 6.92. The fraction of sp³-hybridized carbons (Fsp3) is 0.581. The summed E-state index contributed by atoms with van der Waals surface area (Å²) in [6.07, 6.45) is 12.6. The minimum absolute atomic E-state index is 0.0863. The van der Waals surface area contributed by atoms with Crippen molar-refractivity contribution in [2.45, 2.75) is 63.5 Å². The van der Waals surface area contributed by atoms with Crippen LogP contribution in [0.5, 0.6) is 5.75 Å². The summed E-state index contributed by atoms with van der Waals surface area (Å²) in [7, 11) is 1.13. The standard InChI is InChI=1S/C31H44N6O4S/c1-35-18-5-4-8-25(35)22-36(2)30(38)23-11-13-24(14-12-23)33-31-32-17-15-29(34-31)37-19-16-26-27(37)9-6-10-28(26)41-20-7-21-42(3,39)40/h6,9-10,15-17,19,23-25H,4-5,7-8,11-14,18,20-22H2,1-3H3,(H,32,33,34). The van der Waals surface area contributed by atoms with E-state index in [0.29, 0.717) is 25.0 Å². The van der Waals surface area contributed by atoms with Gasteiger partial charge < -0.3 is 24.4 Å². The van der Waals surface area contributed by atoms with Gasteiger partial charge in [-0.05, 0) is 82.8 Å². The Labute approximate surface area is 249 Å². The van der Waals surface area contributed by atoms with Gasteiger partial charge in [0, 0.05) is 55.6 Å². The second kappa shape index (κ2) is 13.4. The highest BCUT2D eigenvalue weighted by atomic mass is 32.2. The zero-order valence-corrected chi connectivity index (χ0v) is 25.9. The van der Waals surface area contributed by atoms with Crippen LogP contribution in [0.25, 0.3) is 16.7 Å². The molecule has 10 nitrogen and oxygen atoms in total. The maximum Gasteiger partial charge on any atom is 0.225 e. The monoisotopic (exact) mass is 596 g/mol. The number of ether oxygens (including phenoxy) is 1. The van der Waals surface area contributed by atoms with E-state index in [0.717, 1.165) is 61.2 Å². The van der Waals surface area contributed by atoms with E-state index in [4.69, 9.17) is 9.72 Å². The van der Waals surface area contributed by atoms with Crippen LogP contribution in [-0.4, -0.2) is 96.5 Å². The number of likely N-dealkylation sites (N-methyl/N-ethyl adjacent to an activating group) is 2. The predicted molar refractivity (Wildman–Crippen MR) is 166 cm³/mol. The summed E-state index contributed by atoms with van der Waals surface area (Å²) in [6, 6.07) is 10.4. The molecule has 228 valence electrons. The number of sulfone groups is 1. The van der Waals surface area contributed by atoms with E-state index in [9.17, 15) is 13.2 Å². The van der Waals surface area contributed by atoms with Crippen LogP contribution in [0.2, 0.25) is 0 Å². The van der Waals surface area contributed by atoms with Crippen molar-refractivity contribution in [3.63, 3.8) is 0 Å². The molecule has 11 heteroatoms. The van der Waals surface area contributed by atoms with Gasteiger partial charge in [0.25, 0.3) is 0 Å². The quantitative estimate of drug-likeness (QED) is 0.329. The summed E-state index contributed by atoms with van der Waals surface area (Å²) in [5.41, 5.74) is 0.947. The number of fused-ring (bicyclic) bond motifs is 1. The number of benzene rings is 1. The molecule has 0 spiro atoms. The van der Waals surface area contributed by atoms with Crippen LogP contribution in [-0.2, 0) is 14.6 Å². The first-order chi connectivity index (χ1) is 20.2. The van der Waals surface area contributed by atoms with Crippen molar-refractivity contribution in [2.75, 3.05) is 51.1 Å². The number of aromatic nitrogens is 3. The third kappa shape index (κ3) is 7.60. The van der Waals surface area contributed by atoms with Gasteiger partial charge >= 0.3 is 0 Å². The van der Waals surface area contributed by atoms with Crippen molar-refractivity contribution < 1.29 is 17.9 Å². The zero-order valence-electron chi connectivity index (χ0n) is 25.0. The van der Waals surface area contributed by atoms with E-state index in [2.05, 4.69) is 22.2 Å². The lowest BCUT2D eigenvalue weighted by molar-refractivity contribution is -0.136. The Kier molecular flexibility index (Phi) is 9.67. The largest absolute Gasteiger partial charge is 0.493 e. The third-order valence-corrected chi connectivity index (χ3v) is 9.72. The average molecular weight is 597 g/mol. The molecular formula is C31H44N6O4S. The van der Waals surface area contributed by atoms with E-state index < -0.39 is 9.84 Å². The predicted octanol–water partition coefficient (Wildman–Crippen LogP) is 4.15. The first-order valence-corrected chi connectivity index (χ1v) is 17.2. The maximum atomic E-state index is 13.2. The summed E-state index contributed by atoms with van der Waals surface area (Å²) in [5.74, 6) is 2.51. The highest BCUT2D eigenvalue weighted by Crippen LogP contribution is 2.30. The molecule has 2 fully saturated rings. The first-order valence-electron chi connectivity index (χ1n) is 15.1. The van der Waals surface area contributed by atoms with Gasteiger partial charge in [-0.15, -0.1) is 0 Å². The number of likely N-dealkylation sites (tertiary alicyclic amines) is 1. The summed E-state index contributed by atoms with van der Waals surface area (Å²) < 4.78 is 30.7. The van der Waals surface area contributed by atoms with Crippen molar-refractivity contribution >= 4 is 32.6 Å².